The van der Waals surface area contributed by atoms with Crippen LogP contribution in [0.25, 0.3) is 0 Å². The van der Waals surface area contributed by atoms with Gasteiger partial charge in [-0.3, -0.25) is 0 Å². The molecule has 0 saturated carbocycles. The lowest BCUT2D eigenvalue weighted by molar-refractivity contribution is -0.137. The van der Waals surface area contributed by atoms with E-state index in [2.05, 4.69) is 10.6 Å². The second-order valence-corrected chi connectivity index (χ2v) is 4.56. The minimum absolute atomic E-state index is 0.501. The first kappa shape index (κ1) is 11.6. The highest BCUT2D eigenvalue weighted by molar-refractivity contribution is 5.84. The summed E-state index contributed by atoms with van der Waals surface area (Å²) in [5, 5.41) is 15.4. The molecule has 0 fully saturated rings. The van der Waals surface area contributed by atoms with Crippen molar-refractivity contribution in [3.05, 3.63) is 54.1 Å². The average Bonchev–Trinajstić information content (AvgIpc) is 2.85. The highest BCUT2D eigenvalue weighted by Gasteiger charge is 2.27. The van der Waals surface area contributed by atoms with E-state index in [0.717, 1.165) is 22.6 Å². The molecule has 0 aromatic heterocycles. The molecule has 1 aliphatic heterocycles. The number of carbonyl (C=O) groups is 1. The number of benzene rings is 2. The first-order valence-corrected chi connectivity index (χ1v) is 6.17. The zero-order valence-corrected chi connectivity index (χ0v) is 10.3. The Balaban J connectivity index is 1.89. The number of rotatable bonds is 3. The van der Waals surface area contributed by atoms with Crippen molar-refractivity contribution in [2.45, 2.75) is 12.5 Å². The van der Waals surface area contributed by atoms with Gasteiger partial charge in [-0.1, -0.05) is 24.3 Å². The lowest BCUT2D eigenvalue weighted by Gasteiger charge is -2.10. The molecule has 3 N–H and O–H groups in total. The van der Waals surface area contributed by atoms with Crippen LogP contribution in [-0.4, -0.2) is 17.1 Å². The number of carboxylic acid groups (broad SMARTS) is 1. The summed E-state index contributed by atoms with van der Waals surface area (Å²) >= 11 is 0. The Bertz CT molecular complexity index is 611. The van der Waals surface area contributed by atoms with E-state index in [0.29, 0.717) is 6.42 Å². The molecule has 96 valence electrons. The second kappa shape index (κ2) is 4.65. The predicted octanol–water partition coefficient (Wildman–Crippen LogP) is 2.85. The van der Waals surface area contributed by atoms with Crippen LogP contribution in [0.3, 0.4) is 0 Å². The molecule has 4 heteroatoms. The summed E-state index contributed by atoms with van der Waals surface area (Å²) < 4.78 is 0. The molecular formula is C15H14N2O2. The van der Waals surface area contributed by atoms with Crippen LogP contribution in [0, 0.1) is 0 Å². The Morgan fingerprint density at radius 2 is 1.95 bits per heavy atom. The standard InChI is InChI=1S/C15H14N2O2/c18-15(19)14-9-11-12(7-4-8-13(11)17-14)16-10-5-2-1-3-6-10/h1-8,14,16-17H,9H2,(H,18,19). The molecule has 1 unspecified atom stereocenters. The summed E-state index contributed by atoms with van der Waals surface area (Å²) in [7, 11) is 0. The Morgan fingerprint density at radius 3 is 2.68 bits per heavy atom. The van der Waals surface area contributed by atoms with Gasteiger partial charge in [-0.05, 0) is 24.3 Å². The van der Waals surface area contributed by atoms with Crippen molar-refractivity contribution in [3.8, 4) is 0 Å². The number of hydrogen-bond acceptors (Lipinski definition) is 3. The average molecular weight is 254 g/mol. The van der Waals surface area contributed by atoms with Gasteiger partial charge in [-0.25, -0.2) is 4.79 Å². The van der Waals surface area contributed by atoms with Crippen molar-refractivity contribution in [3.63, 3.8) is 0 Å². The van der Waals surface area contributed by atoms with Crippen molar-refractivity contribution in [2.24, 2.45) is 0 Å². The quantitative estimate of drug-likeness (QED) is 0.788. The number of carboxylic acids is 1. The van der Waals surface area contributed by atoms with Gasteiger partial charge < -0.3 is 15.7 Å². The van der Waals surface area contributed by atoms with E-state index < -0.39 is 12.0 Å². The summed E-state index contributed by atoms with van der Waals surface area (Å²) in [6, 6.07) is 15.1. The molecule has 19 heavy (non-hydrogen) atoms. The molecule has 2 aromatic rings. The van der Waals surface area contributed by atoms with Gasteiger partial charge in [0.1, 0.15) is 6.04 Å². The van der Waals surface area contributed by atoms with Crippen molar-refractivity contribution >= 4 is 23.0 Å². The van der Waals surface area contributed by atoms with E-state index in [1.807, 2.05) is 48.5 Å². The van der Waals surface area contributed by atoms with Crippen molar-refractivity contribution in [2.75, 3.05) is 10.6 Å². The summed E-state index contributed by atoms with van der Waals surface area (Å²) in [6.45, 7) is 0. The fourth-order valence-electron chi connectivity index (χ4n) is 2.33. The Kier molecular flexibility index (Phi) is 2.83. The van der Waals surface area contributed by atoms with Crippen LogP contribution in [0.1, 0.15) is 5.56 Å². The lowest BCUT2D eigenvalue weighted by atomic mass is 10.1. The maximum Gasteiger partial charge on any atom is 0.326 e. The molecule has 0 amide bonds. The van der Waals surface area contributed by atoms with Crippen molar-refractivity contribution in [1.29, 1.82) is 0 Å². The Hall–Kier alpha value is -2.49. The first-order chi connectivity index (χ1) is 9.24. The molecule has 3 rings (SSSR count). The molecule has 0 saturated heterocycles. The van der Waals surface area contributed by atoms with Crippen LogP contribution in [-0.2, 0) is 11.2 Å². The number of nitrogens with one attached hydrogen (secondary N) is 2. The number of fused-ring (bicyclic) bond motifs is 1. The number of anilines is 3. The lowest BCUT2D eigenvalue weighted by Crippen LogP contribution is -2.26. The maximum atomic E-state index is 11.1. The van der Waals surface area contributed by atoms with Gasteiger partial charge in [-0.2, -0.15) is 0 Å². The summed E-state index contributed by atoms with van der Waals surface area (Å²) in [4.78, 5) is 11.1. The molecule has 1 atom stereocenters. The molecule has 4 nitrogen and oxygen atoms in total. The molecule has 1 aliphatic rings. The van der Waals surface area contributed by atoms with Gasteiger partial charge in [0.25, 0.3) is 0 Å². The van der Waals surface area contributed by atoms with Crippen LogP contribution in [0.4, 0.5) is 17.1 Å². The molecule has 0 aliphatic carbocycles. The SMILES string of the molecule is O=C(O)C1Cc2c(Nc3ccccc3)cccc2N1. The zero-order chi connectivity index (χ0) is 13.2. The van der Waals surface area contributed by atoms with Crippen LogP contribution in [0.2, 0.25) is 0 Å². The number of aliphatic carboxylic acids is 1. The fraction of sp³-hybridized carbons (Fsp3) is 0.133. The highest BCUT2D eigenvalue weighted by atomic mass is 16.4. The van der Waals surface area contributed by atoms with E-state index >= 15 is 0 Å². The Labute approximate surface area is 111 Å². The molecule has 1 heterocycles. The highest BCUT2D eigenvalue weighted by Crippen LogP contribution is 2.33. The van der Waals surface area contributed by atoms with Gasteiger partial charge in [-0.15, -0.1) is 0 Å². The normalized spacial score (nSPS) is 16.5. The largest absolute Gasteiger partial charge is 0.480 e. The van der Waals surface area contributed by atoms with Gasteiger partial charge in [0.05, 0.1) is 0 Å². The third kappa shape index (κ3) is 2.25. The summed E-state index contributed by atoms with van der Waals surface area (Å²) in [6.07, 6.45) is 0.501. The smallest absolute Gasteiger partial charge is 0.326 e. The van der Waals surface area contributed by atoms with Crippen LogP contribution in [0.5, 0.6) is 0 Å². The van der Waals surface area contributed by atoms with Gasteiger partial charge >= 0.3 is 5.97 Å². The number of para-hydroxylation sites is 1. The fourth-order valence-corrected chi connectivity index (χ4v) is 2.33. The first-order valence-electron chi connectivity index (χ1n) is 6.17. The van der Waals surface area contributed by atoms with E-state index in [4.69, 9.17) is 5.11 Å². The molecule has 0 bridgehead atoms. The number of hydrogen-bond donors (Lipinski definition) is 3. The van der Waals surface area contributed by atoms with E-state index in [9.17, 15) is 4.79 Å². The third-order valence-electron chi connectivity index (χ3n) is 3.26. The topological polar surface area (TPSA) is 61.4 Å². The van der Waals surface area contributed by atoms with E-state index in [1.165, 1.54) is 0 Å². The van der Waals surface area contributed by atoms with Crippen molar-refractivity contribution in [1.82, 2.24) is 0 Å². The second-order valence-electron chi connectivity index (χ2n) is 4.56. The van der Waals surface area contributed by atoms with Crippen LogP contribution in [0.15, 0.2) is 48.5 Å². The van der Waals surface area contributed by atoms with Gasteiger partial charge in [0.15, 0.2) is 0 Å². The van der Waals surface area contributed by atoms with Crippen LogP contribution >= 0.6 is 0 Å². The molecule has 2 aromatic carbocycles. The van der Waals surface area contributed by atoms with E-state index in [-0.39, 0.29) is 0 Å². The Morgan fingerprint density at radius 1 is 1.16 bits per heavy atom. The monoisotopic (exact) mass is 254 g/mol. The minimum atomic E-state index is -0.818. The van der Waals surface area contributed by atoms with E-state index in [1.54, 1.807) is 0 Å². The minimum Gasteiger partial charge on any atom is -0.480 e. The van der Waals surface area contributed by atoms with Crippen molar-refractivity contribution < 1.29 is 9.90 Å². The van der Waals surface area contributed by atoms with Crippen LogP contribution < -0.4 is 10.6 Å². The summed E-state index contributed by atoms with van der Waals surface area (Å²) in [5.41, 5.74) is 3.88. The van der Waals surface area contributed by atoms with Gasteiger partial charge in [0.2, 0.25) is 0 Å². The molecule has 0 radical (unpaired) electrons. The third-order valence-corrected chi connectivity index (χ3v) is 3.26. The maximum absolute atomic E-state index is 11.1. The predicted molar refractivity (Wildman–Crippen MR) is 74.9 cm³/mol. The van der Waals surface area contributed by atoms with Gasteiger partial charge in [0, 0.05) is 29.0 Å². The molecule has 0 spiro atoms. The zero-order valence-electron chi connectivity index (χ0n) is 10.3. The summed E-state index contributed by atoms with van der Waals surface area (Å²) in [5.74, 6) is -0.818. The molecular weight excluding hydrogens is 240 g/mol.